The molecule has 158 valence electrons. The molecule has 1 amide bonds. The Hall–Kier alpha value is -1.33. The highest BCUT2D eigenvalue weighted by Crippen LogP contribution is 2.63. The number of hydrogen-bond acceptors (Lipinski definition) is 4. The van der Waals surface area contributed by atoms with Gasteiger partial charge in [-0.05, 0) is 67.9 Å². The van der Waals surface area contributed by atoms with E-state index < -0.39 is 5.60 Å². The Kier molecular flexibility index (Phi) is 5.98. The van der Waals surface area contributed by atoms with Crippen LogP contribution in [0.3, 0.4) is 0 Å². The maximum Gasteiger partial charge on any atom is 0.220 e. The first-order valence-corrected chi connectivity index (χ1v) is 10.8. The van der Waals surface area contributed by atoms with E-state index in [1.165, 1.54) is 0 Å². The molecule has 2 aliphatic rings. The molecule has 4 unspecified atom stereocenters. The van der Waals surface area contributed by atoms with Gasteiger partial charge in [0.05, 0.1) is 18.4 Å². The van der Waals surface area contributed by atoms with Crippen molar-refractivity contribution in [2.45, 2.75) is 97.4 Å². The fourth-order valence-corrected chi connectivity index (χ4v) is 5.90. The minimum absolute atomic E-state index is 0.0675. The molecule has 5 nitrogen and oxygen atoms in total. The maximum absolute atomic E-state index is 12.6. The number of nitrogens with one attached hydrogen (secondary N) is 2. The summed E-state index contributed by atoms with van der Waals surface area (Å²) in [6.07, 6.45) is 6.72. The van der Waals surface area contributed by atoms with E-state index in [-0.39, 0.29) is 16.7 Å². The third kappa shape index (κ3) is 4.46. The molecule has 2 aliphatic carbocycles. The van der Waals surface area contributed by atoms with E-state index in [1.54, 1.807) is 6.26 Å². The Morgan fingerprint density at radius 3 is 2.68 bits per heavy atom. The van der Waals surface area contributed by atoms with Gasteiger partial charge in [-0.15, -0.1) is 0 Å². The molecule has 3 rings (SSSR count). The SMILES string of the molecule is CC(C)NC1CC(C)(C)C2CC(C)(O)CCC12CCC(=O)NCc1ccco1. The highest BCUT2D eigenvalue weighted by Gasteiger charge is 2.61. The number of carbonyl (C=O) groups excluding carboxylic acids is 1. The van der Waals surface area contributed by atoms with Crippen LogP contribution in [0.2, 0.25) is 0 Å². The van der Waals surface area contributed by atoms with E-state index in [0.29, 0.717) is 31.0 Å². The van der Waals surface area contributed by atoms with Crippen molar-refractivity contribution in [3.8, 4) is 0 Å². The topological polar surface area (TPSA) is 74.5 Å². The van der Waals surface area contributed by atoms with Gasteiger partial charge in [0.2, 0.25) is 5.91 Å². The van der Waals surface area contributed by atoms with E-state index in [0.717, 1.165) is 37.9 Å². The second kappa shape index (κ2) is 7.83. The molecule has 5 heteroatoms. The molecule has 0 bridgehead atoms. The van der Waals surface area contributed by atoms with Crippen LogP contribution in [0.5, 0.6) is 0 Å². The summed E-state index contributed by atoms with van der Waals surface area (Å²) in [5.41, 5.74) is -0.376. The fraction of sp³-hybridized carbons (Fsp3) is 0.783. The molecule has 1 aromatic heterocycles. The summed E-state index contributed by atoms with van der Waals surface area (Å²) in [4.78, 5) is 12.6. The van der Waals surface area contributed by atoms with E-state index in [2.05, 4.69) is 38.3 Å². The molecule has 0 aliphatic heterocycles. The summed E-state index contributed by atoms with van der Waals surface area (Å²) in [6, 6.07) is 4.51. The van der Waals surface area contributed by atoms with Crippen LogP contribution < -0.4 is 10.6 Å². The molecule has 2 fully saturated rings. The number of hydrogen-bond donors (Lipinski definition) is 3. The average molecular weight is 391 g/mol. The lowest BCUT2D eigenvalue weighted by molar-refractivity contribution is -0.123. The van der Waals surface area contributed by atoms with Gasteiger partial charge in [-0.3, -0.25) is 4.79 Å². The Balaban J connectivity index is 1.73. The maximum atomic E-state index is 12.6. The van der Waals surface area contributed by atoms with Crippen LogP contribution in [0.15, 0.2) is 22.8 Å². The van der Waals surface area contributed by atoms with Gasteiger partial charge in [-0.1, -0.05) is 27.7 Å². The summed E-state index contributed by atoms with van der Waals surface area (Å²) in [5, 5.41) is 17.6. The lowest BCUT2D eigenvalue weighted by Crippen LogP contribution is -2.52. The highest BCUT2D eigenvalue weighted by atomic mass is 16.3. The Bertz CT molecular complexity index is 665. The van der Waals surface area contributed by atoms with Crippen molar-refractivity contribution in [2.24, 2.45) is 16.7 Å². The van der Waals surface area contributed by atoms with Gasteiger partial charge < -0.3 is 20.2 Å². The van der Waals surface area contributed by atoms with Crippen molar-refractivity contribution in [3.63, 3.8) is 0 Å². The predicted molar refractivity (Wildman–Crippen MR) is 111 cm³/mol. The third-order valence-electron chi connectivity index (χ3n) is 7.23. The lowest BCUT2D eigenvalue weighted by atomic mass is 9.57. The van der Waals surface area contributed by atoms with Gasteiger partial charge in [-0.2, -0.15) is 0 Å². The van der Waals surface area contributed by atoms with Crippen molar-refractivity contribution in [3.05, 3.63) is 24.2 Å². The van der Waals surface area contributed by atoms with Crippen molar-refractivity contribution in [1.82, 2.24) is 10.6 Å². The first-order chi connectivity index (χ1) is 13.0. The summed E-state index contributed by atoms with van der Waals surface area (Å²) in [6.45, 7) is 11.5. The van der Waals surface area contributed by atoms with Gasteiger partial charge in [0, 0.05) is 18.5 Å². The third-order valence-corrected chi connectivity index (χ3v) is 7.23. The molecule has 0 spiro atoms. The molecule has 2 saturated carbocycles. The summed E-state index contributed by atoms with van der Waals surface area (Å²) in [7, 11) is 0. The van der Waals surface area contributed by atoms with Crippen LogP contribution in [-0.2, 0) is 11.3 Å². The Labute approximate surface area is 169 Å². The Morgan fingerprint density at radius 2 is 2.04 bits per heavy atom. The number of aliphatic hydroxyl groups is 1. The Morgan fingerprint density at radius 1 is 1.29 bits per heavy atom. The van der Waals surface area contributed by atoms with Crippen molar-refractivity contribution in [2.75, 3.05) is 0 Å². The summed E-state index contributed by atoms with van der Waals surface area (Å²) in [5.74, 6) is 1.27. The first kappa shape index (κ1) is 21.4. The van der Waals surface area contributed by atoms with Gasteiger partial charge in [0.15, 0.2) is 0 Å². The van der Waals surface area contributed by atoms with Crippen LogP contribution in [0.1, 0.15) is 78.9 Å². The summed E-state index contributed by atoms with van der Waals surface area (Å²) >= 11 is 0. The molecular weight excluding hydrogens is 352 g/mol. The molecule has 0 aromatic carbocycles. The molecule has 1 aromatic rings. The van der Waals surface area contributed by atoms with Crippen LogP contribution in [0, 0.1) is 16.7 Å². The zero-order valence-corrected chi connectivity index (χ0v) is 18.2. The molecule has 1 heterocycles. The normalized spacial score (nSPS) is 34.4. The number of carbonyl (C=O) groups is 1. The predicted octanol–water partition coefficient (Wildman–Crippen LogP) is 4.01. The lowest BCUT2D eigenvalue weighted by Gasteiger charge is -2.51. The zero-order valence-electron chi connectivity index (χ0n) is 18.2. The molecule has 4 atom stereocenters. The number of fused-ring (bicyclic) bond motifs is 1. The van der Waals surface area contributed by atoms with E-state index in [4.69, 9.17) is 4.42 Å². The first-order valence-electron chi connectivity index (χ1n) is 10.8. The monoisotopic (exact) mass is 390 g/mol. The second-order valence-corrected chi connectivity index (χ2v) is 10.4. The van der Waals surface area contributed by atoms with E-state index in [1.807, 2.05) is 19.1 Å². The van der Waals surface area contributed by atoms with Crippen molar-refractivity contribution >= 4 is 5.91 Å². The standard InChI is InChI=1S/C23H38N2O3/c1-16(2)25-19-14-21(3,4)18-13-22(5,27)10-11-23(18,19)9-8-20(26)24-15-17-7-6-12-28-17/h6-7,12,16,18-19,25,27H,8-11,13-15H2,1-5H3,(H,24,26). The number of amides is 1. The average Bonchev–Trinajstić information content (AvgIpc) is 3.17. The number of rotatable bonds is 7. The van der Waals surface area contributed by atoms with Gasteiger partial charge in [-0.25, -0.2) is 0 Å². The van der Waals surface area contributed by atoms with Crippen LogP contribution in [0.4, 0.5) is 0 Å². The van der Waals surface area contributed by atoms with Gasteiger partial charge >= 0.3 is 0 Å². The number of furan rings is 1. The quantitative estimate of drug-likeness (QED) is 0.658. The van der Waals surface area contributed by atoms with E-state index in [9.17, 15) is 9.90 Å². The highest BCUT2D eigenvalue weighted by molar-refractivity contribution is 5.75. The molecular formula is C23H38N2O3. The summed E-state index contributed by atoms with van der Waals surface area (Å²) < 4.78 is 5.30. The van der Waals surface area contributed by atoms with E-state index >= 15 is 0 Å². The van der Waals surface area contributed by atoms with Crippen LogP contribution >= 0.6 is 0 Å². The molecule has 3 N–H and O–H groups in total. The second-order valence-electron chi connectivity index (χ2n) is 10.4. The van der Waals surface area contributed by atoms with Gasteiger partial charge in [0.25, 0.3) is 0 Å². The zero-order chi connectivity index (χ0) is 20.6. The molecule has 0 saturated heterocycles. The molecule has 28 heavy (non-hydrogen) atoms. The fourth-order valence-electron chi connectivity index (χ4n) is 5.90. The smallest absolute Gasteiger partial charge is 0.220 e. The molecule has 0 radical (unpaired) electrons. The van der Waals surface area contributed by atoms with Crippen LogP contribution in [0.25, 0.3) is 0 Å². The van der Waals surface area contributed by atoms with Crippen molar-refractivity contribution < 1.29 is 14.3 Å². The minimum atomic E-state index is -0.598. The largest absolute Gasteiger partial charge is 0.467 e. The van der Waals surface area contributed by atoms with Crippen molar-refractivity contribution in [1.29, 1.82) is 0 Å². The van der Waals surface area contributed by atoms with Crippen LogP contribution in [-0.4, -0.2) is 28.7 Å². The van der Waals surface area contributed by atoms with Gasteiger partial charge in [0.1, 0.15) is 5.76 Å². The minimum Gasteiger partial charge on any atom is -0.467 e.